The predicted molar refractivity (Wildman–Crippen MR) is 75.1 cm³/mol. The van der Waals surface area contributed by atoms with E-state index in [-0.39, 0.29) is 11.7 Å². The molecule has 0 saturated carbocycles. The van der Waals surface area contributed by atoms with E-state index in [0.717, 1.165) is 17.7 Å². The molecule has 1 atom stereocenters. The van der Waals surface area contributed by atoms with Crippen LogP contribution in [0, 0.1) is 5.92 Å². The molecular weight excluding hydrogens is 277 g/mol. The van der Waals surface area contributed by atoms with Gasteiger partial charge in [0.25, 0.3) is 0 Å². The van der Waals surface area contributed by atoms with E-state index in [0.29, 0.717) is 12.0 Å². The second-order valence-electron chi connectivity index (χ2n) is 5.03. The molecule has 4 heteroatoms. The van der Waals surface area contributed by atoms with Gasteiger partial charge >= 0.3 is 6.18 Å². The molecule has 0 aromatic heterocycles. The van der Waals surface area contributed by atoms with Gasteiger partial charge in [-0.3, -0.25) is 4.79 Å². The molecule has 2 aromatic carbocycles. The SMILES string of the molecule is CC(Cc1ccccc1)C(=O)c1ccc(C(F)(F)F)cc1. The molecule has 0 spiro atoms. The van der Waals surface area contributed by atoms with E-state index in [1.54, 1.807) is 6.92 Å². The average molecular weight is 292 g/mol. The smallest absolute Gasteiger partial charge is 0.294 e. The first-order valence-corrected chi connectivity index (χ1v) is 6.63. The van der Waals surface area contributed by atoms with Gasteiger partial charge < -0.3 is 0 Å². The van der Waals surface area contributed by atoms with Crippen LogP contribution >= 0.6 is 0 Å². The van der Waals surface area contributed by atoms with Gasteiger partial charge in [-0.1, -0.05) is 49.4 Å². The van der Waals surface area contributed by atoms with E-state index in [4.69, 9.17) is 0 Å². The zero-order valence-electron chi connectivity index (χ0n) is 11.5. The molecule has 0 bridgehead atoms. The van der Waals surface area contributed by atoms with Crippen molar-refractivity contribution >= 4 is 5.78 Å². The molecule has 1 nitrogen and oxygen atoms in total. The Balaban J connectivity index is 2.09. The molecule has 0 N–H and O–H groups in total. The van der Waals surface area contributed by atoms with Gasteiger partial charge in [0.05, 0.1) is 5.56 Å². The summed E-state index contributed by atoms with van der Waals surface area (Å²) in [6.45, 7) is 1.78. The third kappa shape index (κ3) is 3.94. The van der Waals surface area contributed by atoms with Crippen molar-refractivity contribution in [3.63, 3.8) is 0 Å². The maximum Gasteiger partial charge on any atom is 0.416 e. The lowest BCUT2D eigenvalue weighted by Crippen LogP contribution is -2.14. The normalized spacial score (nSPS) is 13.0. The lowest BCUT2D eigenvalue weighted by atomic mass is 9.92. The highest BCUT2D eigenvalue weighted by atomic mass is 19.4. The van der Waals surface area contributed by atoms with Crippen LogP contribution in [0.5, 0.6) is 0 Å². The Morgan fingerprint density at radius 1 is 1.00 bits per heavy atom. The Bertz CT molecular complexity index is 600. The fraction of sp³-hybridized carbons (Fsp3) is 0.235. The first-order valence-electron chi connectivity index (χ1n) is 6.63. The van der Waals surface area contributed by atoms with Gasteiger partial charge in [-0.2, -0.15) is 13.2 Å². The quantitative estimate of drug-likeness (QED) is 0.742. The fourth-order valence-electron chi connectivity index (χ4n) is 2.17. The van der Waals surface area contributed by atoms with Crippen molar-refractivity contribution in [3.05, 3.63) is 71.3 Å². The molecule has 2 rings (SSSR count). The number of halogens is 3. The highest BCUT2D eigenvalue weighted by molar-refractivity contribution is 5.97. The maximum atomic E-state index is 12.5. The van der Waals surface area contributed by atoms with Crippen molar-refractivity contribution in [1.82, 2.24) is 0 Å². The van der Waals surface area contributed by atoms with Crippen LogP contribution in [0.25, 0.3) is 0 Å². The molecule has 0 amide bonds. The van der Waals surface area contributed by atoms with Crippen LogP contribution in [0.4, 0.5) is 13.2 Å². The summed E-state index contributed by atoms with van der Waals surface area (Å²) in [4.78, 5) is 12.2. The Hall–Kier alpha value is -2.10. The molecule has 0 radical (unpaired) electrons. The van der Waals surface area contributed by atoms with Crippen molar-refractivity contribution in [2.75, 3.05) is 0 Å². The third-order valence-corrected chi connectivity index (χ3v) is 3.33. The van der Waals surface area contributed by atoms with Crippen molar-refractivity contribution in [1.29, 1.82) is 0 Å². The van der Waals surface area contributed by atoms with Crippen LogP contribution < -0.4 is 0 Å². The second-order valence-corrected chi connectivity index (χ2v) is 5.03. The summed E-state index contributed by atoms with van der Waals surface area (Å²) in [5.74, 6) is -0.420. The number of hydrogen-bond donors (Lipinski definition) is 0. The van der Waals surface area contributed by atoms with Crippen LogP contribution in [-0.2, 0) is 12.6 Å². The number of rotatable bonds is 4. The third-order valence-electron chi connectivity index (χ3n) is 3.33. The van der Waals surface area contributed by atoms with E-state index in [2.05, 4.69) is 0 Å². The van der Waals surface area contributed by atoms with E-state index in [9.17, 15) is 18.0 Å². The molecular formula is C17H15F3O. The monoisotopic (exact) mass is 292 g/mol. The minimum absolute atomic E-state index is 0.146. The van der Waals surface area contributed by atoms with Crippen LogP contribution in [0.3, 0.4) is 0 Å². The summed E-state index contributed by atoms with van der Waals surface area (Å²) in [6.07, 6.45) is -3.81. The number of Topliss-reactive ketones (excluding diaryl/α,β-unsaturated/α-hetero) is 1. The van der Waals surface area contributed by atoms with Gasteiger partial charge in [0, 0.05) is 11.5 Å². The molecule has 21 heavy (non-hydrogen) atoms. The van der Waals surface area contributed by atoms with E-state index >= 15 is 0 Å². The number of ketones is 1. The van der Waals surface area contributed by atoms with Gasteiger partial charge in [0.1, 0.15) is 0 Å². The van der Waals surface area contributed by atoms with Crippen LogP contribution in [0.1, 0.15) is 28.4 Å². The molecule has 110 valence electrons. The molecule has 0 saturated heterocycles. The summed E-state index contributed by atoms with van der Waals surface area (Å²) >= 11 is 0. The average Bonchev–Trinajstić information content (AvgIpc) is 2.46. The maximum absolute atomic E-state index is 12.5. The Kier molecular flexibility index (Phi) is 4.46. The van der Waals surface area contributed by atoms with E-state index in [1.165, 1.54) is 12.1 Å². The Morgan fingerprint density at radius 2 is 1.57 bits per heavy atom. The fourth-order valence-corrected chi connectivity index (χ4v) is 2.17. The van der Waals surface area contributed by atoms with E-state index in [1.807, 2.05) is 30.3 Å². The zero-order chi connectivity index (χ0) is 15.5. The standard InChI is InChI=1S/C17H15F3O/c1-12(11-13-5-3-2-4-6-13)16(21)14-7-9-15(10-8-14)17(18,19)20/h2-10,12H,11H2,1H3. The van der Waals surface area contributed by atoms with Crippen LogP contribution in [-0.4, -0.2) is 5.78 Å². The van der Waals surface area contributed by atoms with Gasteiger partial charge in [-0.05, 0) is 24.1 Å². The summed E-state index contributed by atoms with van der Waals surface area (Å²) in [5, 5.41) is 0. The molecule has 0 aliphatic heterocycles. The lowest BCUT2D eigenvalue weighted by Gasteiger charge is -2.12. The summed E-state index contributed by atoms with van der Waals surface area (Å²) in [7, 11) is 0. The number of benzene rings is 2. The first-order chi connectivity index (χ1) is 9.88. The van der Waals surface area contributed by atoms with Crippen molar-refractivity contribution in [2.45, 2.75) is 19.5 Å². The van der Waals surface area contributed by atoms with Crippen LogP contribution in [0.15, 0.2) is 54.6 Å². The summed E-state index contributed by atoms with van der Waals surface area (Å²) in [6, 6.07) is 13.9. The summed E-state index contributed by atoms with van der Waals surface area (Å²) < 4.78 is 37.4. The minimum atomic E-state index is -4.38. The van der Waals surface area contributed by atoms with Gasteiger partial charge in [0.2, 0.25) is 0 Å². The zero-order valence-corrected chi connectivity index (χ0v) is 11.5. The number of carbonyl (C=O) groups excluding carboxylic acids is 1. The van der Waals surface area contributed by atoms with E-state index < -0.39 is 11.7 Å². The minimum Gasteiger partial charge on any atom is -0.294 e. The molecule has 0 aliphatic rings. The van der Waals surface area contributed by atoms with Gasteiger partial charge in [-0.25, -0.2) is 0 Å². The Morgan fingerprint density at radius 3 is 2.10 bits per heavy atom. The largest absolute Gasteiger partial charge is 0.416 e. The highest BCUT2D eigenvalue weighted by Crippen LogP contribution is 2.29. The topological polar surface area (TPSA) is 17.1 Å². The Labute approximate surface area is 121 Å². The second kappa shape index (κ2) is 6.12. The van der Waals surface area contributed by atoms with Gasteiger partial charge in [0.15, 0.2) is 5.78 Å². The lowest BCUT2D eigenvalue weighted by molar-refractivity contribution is -0.137. The van der Waals surface area contributed by atoms with Gasteiger partial charge in [-0.15, -0.1) is 0 Å². The number of hydrogen-bond acceptors (Lipinski definition) is 1. The molecule has 0 aliphatic carbocycles. The number of alkyl halides is 3. The summed E-state index contributed by atoms with van der Waals surface area (Å²) in [5.41, 5.74) is 0.603. The number of carbonyl (C=O) groups is 1. The van der Waals surface area contributed by atoms with Crippen molar-refractivity contribution in [3.8, 4) is 0 Å². The first kappa shape index (κ1) is 15.3. The molecule has 0 heterocycles. The van der Waals surface area contributed by atoms with Crippen molar-refractivity contribution < 1.29 is 18.0 Å². The van der Waals surface area contributed by atoms with Crippen molar-refractivity contribution in [2.24, 2.45) is 5.92 Å². The molecule has 1 unspecified atom stereocenters. The predicted octanol–water partition coefficient (Wildman–Crippen LogP) is 4.77. The highest BCUT2D eigenvalue weighted by Gasteiger charge is 2.30. The van der Waals surface area contributed by atoms with Crippen LogP contribution in [0.2, 0.25) is 0 Å². The molecule has 2 aromatic rings. The molecule has 0 fully saturated rings.